The average Bonchev–Trinajstić information content (AvgIpc) is 2.71. The molecule has 1 heterocycles. The lowest BCUT2D eigenvalue weighted by molar-refractivity contribution is 0.0532. The van der Waals surface area contributed by atoms with Crippen molar-refractivity contribution in [1.82, 2.24) is 0 Å². The average molecular weight is 236 g/mol. The van der Waals surface area contributed by atoms with E-state index in [9.17, 15) is 4.79 Å². The third-order valence-corrected chi connectivity index (χ3v) is 3.34. The molecule has 2 aromatic rings. The predicted octanol–water partition coefficient (Wildman–Crippen LogP) is 2.57. The molecule has 0 unspecified atom stereocenters. The third-order valence-electron chi connectivity index (χ3n) is 2.24. The number of hydrogen-bond acceptors (Lipinski definition) is 4. The highest BCUT2D eigenvalue weighted by atomic mass is 32.1. The molecule has 0 atom stereocenters. The molecule has 0 aliphatic rings. The fraction of sp³-hybridized carbons (Fsp3) is 0.250. The molecule has 0 amide bonds. The maximum Gasteiger partial charge on any atom is 0.348 e. The van der Waals surface area contributed by atoms with Gasteiger partial charge in [-0.1, -0.05) is 6.07 Å². The van der Waals surface area contributed by atoms with E-state index in [1.165, 1.54) is 11.3 Å². The molecule has 1 aromatic heterocycles. The molecule has 0 radical (unpaired) electrons. The lowest BCUT2D eigenvalue weighted by Crippen LogP contribution is -2.01. The van der Waals surface area contributed by atoms with E-state index < -0.39 is 0 Å². The van der Waals surface area contributed by atoms with Crippen molar-refractivity contribution in [3.8, 4) is 0 Å². The van der Waals surface area contributed by atoms with Crippen LogP contribution in [0.25, 0.3) is 10.1 Å². The summed E-state index contributed by atoms with van der Waals surface area (Å²) in [5, 5.41) is 9.98. The first-order valence-electron chi connectivity index (χ1n) is 5.05. The molecule has 0 bridgehead atoms. The van der Waals surface area contributed by atoms with Gasteiger partial charge in [0.1, 0.15) is 4.88 Å². The van der Waals surface area contributed by atoms with Gasteiger partial charge in [0.15, 0.2) is 0 Å². The highest BCUT2D eigenvalue weighted by Crippen LogP contribution is 2.27. The van der Waals surface area contributed by atoms with Gasteiger partial charge in [-0.15, -0.1) is 11.3 Å². The molecular formula is C12H12O3S. The van der Waals surface area contributed by atoms with E-state index in [-0.39, 0.29) is 12.6 Å². The monoisotopic (exact) mass is 236 g/mol. The van der Waals surface area contributed by atoms with Gasteiger partial charge in [-0.25, -0.2) is 4.79 Å². The zero-order valence-corrected chi connectivity index (χ0v) is 9.71. The lowest BCUT2D eigenvalue weighted by atomic mass is 10.2. The molecule has 0 spiro atoms. The molecular weight excluding hydrogens is 224 g/mol. The Morgan fingerprint density at radius 3 is 2.94 bits per heavy atom. The van der Waals surface area contributed by atoms with Crippen molar-refractivity contribution in [2.75, 3.05) is 6.61 Å². The number of esters is 1. The summed E-state index contributed by atoms with van der Waals surface area (Å²) in [4.78, 5) is 12.1. The van der Waals surface area contributed by atoms with Crippen molar-refractivity contribution in [3.05, 3.63) is 34.7 Å². The van der Waals surface area contributed by atoms with Gasteiger partial charge < -0.3 is 9.84 Å². The molecule has 1 aromatic carbocycles. The summed E-state index contributed by atoms with van der Waals surface area (Å²) in [6.45, 7) is 2.19. The largest absolute Gasteiger partial charge is 0.462 e. The fourth-order valence-electron chi connectivity index (χ4n) is 1.49. The van der Waals surface area contributed by atoms with Crippen molar-refractivity contribution in [3.63, 3.8) is 0 Å². The third kappa shape index (κ3) is 2.08. The number of aliphatic hydroxyl groups is 1. The number of benzene rings is 1. The molecule has 3 nitrogen and oxygen atoms in total. The molecule has 16 heavy (non-hydrogen) atoms. The lowest BCUT2D eigenvalue weighted by Gasteiger charge is -1.95. The maximum absolute atomic E-state index is 11.5. The minimum atomic E-state index is -0.283. The van der Waals surface area contributed by atoms with Crippen LogP contribution in [-0.2, 0) is 11.3 Å². The van der Waals surface area contributed by atoms with Crippen LogP contribution in [0.1, 0.15) is 22.2 Å². The summed E-state index contributed by atoms with van der Waals surface area (Å²) in [6.07, 6.45) is 0. The Bertz CT molecular complexity index is 516. The van der Waals surface area contributed by atoms with E-state index in [4.69, 9.17) is 9.84 Å². The molecule has 0 saturated carbocycles. The summed E-state index contributed by atoms with van der Waals surface area (Å²) in [6, 6.07) is 7.45. The zero-order valence-electron chi connectivity index (χ0n) is 8.90. The van der Waals surface area contributed by atoms with Crippen LogP contribution < -0.4 is 0 Å². The van der Waals surface area contributed by atoms with Gasteiger partial charge in [0.2, 0.25) is 0 Å². The second-order valence-corrected chi connectivity index (χ2v) is 4.45. The molecule has 1 N–H and O–H groups in total. The Kier molecular flexibility index (Phi) is 3.22. The van der Waals surface area contributed by atoms with Gasteiger partial charge in [-0.3, -0.25) is 0 Å². The normalized spacial score (nSPS) is 10.6. The second kappa shape index (κ2) is 4.63. The Balaban J connectivity index is 2.39. The van der Waals surface area contributed by atoms with E-state index in [0.717, 1.165) is 15.6 Å². The highest BCUT2D eigenvalue weighted by Gasteiger charge is 2.10. The number of fused-ring (bicyclic) bond motifs is 1. The summed E-state index contributed by atoms with van der Waals surface area (Å²) in [5.41, 5.74) is 0.848. The van der Waals surface area contributed by atoms with Crippen LogP contribution in [0.4, 0.5) is 0 Å². The van der Waals surface area contributed by atoms with Crippen molar-refractivity contribution in [1.29, 1.82) is 0 Å². The Labute approximate surface area is 97.3 Å². The highest BCUT2D eigenvalue weighted by molar-refractivity contribution is 7.20. The first kappa shape index (κ1) is 11.1. The van der Waals surface area contributed by atoms with E-state index in [0.29, 0.717) is 11.5 Å². The molecule has 0 aliphatic carbocycles. The minimum Gasteiger partial charge on any atom is -0.462 e. The van der Waals surface area contributed by atoms with E-state index in [1.54, 1.807) is 13.0 Å². The molecule has 2 rings (SSSR count). The first-order chi connectivity index (χ1) is 7.74. The summed E-state index contributed by atoms with van der Waals surface area (Å²) in [7, 11) is 0. The Morgan fingerprint density at radius 1 is 1.44 bits per heavy atom. The van der Waals surface area contributed by atoms with Gasteiger partial charge in [0, 0.05) is 4.70 Å². The Hall–Kier alpha value is -1.39. The number of ether oxygens (including phenoxy) is 1. The van der Waals surface area contributed by atoms with Crippen LogP contribution in [0.5, 0.6) is 0 Å². The second-order valence-electron chi connectivity index (χ2n) is 3.36. The molecule has 4 heteroatoms. The van der Waals surface area contributed by atoms with Crippen LogP contribution in [-0.4, -0.2) is 17.7 Å². The summed E-state index contributed by atoms with van der Waals surface area (Å²) < 4.78 is 5.96. The van der Waals surface area contributed by atoms with E-state index in [2.05, 4.69) is 0 Å². The molecule has 0 saturated heterocycles. The first-order valence-corrected chi connectivity index (χ1v) is 5.86. The van der Waals surface area contributed by atoms with Crippen LogP contribution in [0.15, 0.2) is 24.3 Å². The van der Waals surface area contributed by atoms with Crippen LogP contribution in [0, 0.1) is 0 Å². The zero-order chi connectivity index (χ0) is 11.5. The van der Waals surface area contributed by atoms with Crippen molar-refractivity contribution in [2.24, 2.45) is 0 Å². The summed E-state index contributed by atoms with van der Waals surface area (Å²) >= 11 is 1.41. The van der Waals surface area contributed by atoms with Crippen LogP contribution in [0.3, 0.4) is 0 Å². The standard InChI is InChI=1S/C12H12O3S/c1-2-15-12(14)11-6-9-5-8(7-13)3-4-10(9)16-11/h3-6,13H,2,7H2,1H3. The van der Waals surface area contributed by atoms with Gasteiger partial charge in [-0.05, 0) is 36.1 Å². The Morgan fingerprint density at radius 2 is 2.25 bits per heavy atom. The van der Waals surface area contributed by atoms with Gasteiger partial charge in [-0.2, -0.15) is 0 Å². The predicted molar refractivity (Wildman–Crippen MR) is 63.7 cm³/mol. The maximum atomic E-state index is 11.5. The molecule has 84 valence electrons. The van der Waals surface area contributed by atoms with Crippen LogP contribution in [0.2, 0.25) is 0 Å². The smallest absolute Gasteiger partial charge is 0.348 e. The van der Waals surface area contributed by atoms with E-state index >= 15 is 0 Å². The number of hydrogen-bond donors (Lipinski definition) is 1. The van der Waals surface area contributed by atoms with Gasteiger partial charge >= 0.3 is 5.97 Å². The summed E-state index contributed by atoms with van der Waals surface area (Å²) in [5.74, 6) is -0.283. The van der Waals surface area contributed by atoms with Crippen molar-refractivity contribution < 1.29 is 14.6 Å². The van der Waals surface area contributed by atoms with Crippen molar-refractivity contribution in [2.45, 2.75) is 13.5 Å². The number of carbonyl (C=O) groups is 1. The van der Waals surface area contributed by atoms with Gasteiger partial charge in [0.25, 0.3) is 0 Å². The topological polar surface area (TPSA) is 46.5 Å². The molecule has 0 fully saturated rings. The fourth-order valence-corrected chi connectivity index (χ4v) is 2.43. The number of thiophene rings is 1. The minimum absolute atomic E-state index is 0.0144. The van der Waals surface area contributed by atoms with E-state index in [1.807, 2.05) is 18.2 Å². The molecule has 0 aliphatic heterocycles. The number of carbonyl (C=O) groups excluding carboxylic acids is 1. The van der Waals surface area contributed by atoms with Crippen LogP contribution >= 0.6 is 11.3 Å². The quantitative estimate of drug-likeness (QED) is 0.833. The van der Waals surface area contributed by atoms with Gasteiger partial charge in [0.05, 0.1) is 13.2 Å². The van der Waals surface area contributed by atoms with Crippen molar-refractivity contribution >= 4 is 27.4 Å². The SMILES string of the molecule is CCOC(=O)c1cc2cc(CO)ccc2s1. The number of rotatable bonds is 3. The number of aliphatic hydroxyl groups excluding tert-OH is 1.